The first-order valence-electron chi connectivity index (χ1n) is 7.57. The number of likely N-dealkylation sites (N-methyl/N-ethyl adjacent to an activating group) is 1. The fourth-order valence-corrected chi connectivity index (χ4v) is 2.44. The van der Waals surface area contributed by atoms with Crippen LogP contribution in [-0.2, 0) is 9.47 Å². The summed E-state index contributed by atoms with van der Waals surface area (Å²) in [6.45, 7) is 7.69. The van der Waals surface area contributed by atoms with E-state index < -0.39 is 5.60 Å². The average Bonchev–Trinajstić information content (AvgIpc) is 2.61. The molecule has 0 aromatic carbocycles. The minimum atomic E-state index is -0.476. The Labute approximate surface area is 122 Å². The Balaban J connectivity index is 2.53. The van der Waals surface area contributed by atoms with Gasteiger partial charge >= 0.3 is 6.09 Å². The number of carbonyl (C=O) groups excluding carboxylic acids is 1. The van der Waals surface area contributed by atoms with Crippen LogP contribution in [-0.4, -0.2) is 49.4 Å². The number of hydrogen-bond donors (Lipinski definition) is 1. The molecule has 0 radical (unpaired) electrons. The number of carbonyl (C=O) groups is 1. The van der Waals surface area contributed by atoms with Gasteiger partial charge in [-0.25, -0.2) is 4.79 Å². The van der Waals surface area contributed by atoms with Crippen molar-refractivity contribution in [1.29, 1.82) is 0 Å². The van der Waals surface area contributed by atoms with Crippen molar-refractivity contribution in [3.8, 4) is 0 Å². The van der Waals surface area contributed by atoms with Crippen LogP contribution in [0.5, 0.6) is 0 Å². The molecule has 5 nitrogen and oxygen atoms in total. The second kappa shape index (κ2) is 7.84. The van der Waals surface area contributed by atoms with E-state index in [4.69, 9.17) is 15.2 Å². The normalized spacial score (nSPS) is 21.9. The first kappa shape index (κ1) is 17.2. The van der Waals surface area contributed by atoms with E-state index in [1.165, 1.54) is 6.42 Å². The third-order valence-corrected chi connectivity index (χ3v) is 3.61. The lowest BCUT2D eigenvalue weighted by Gasteiger charge is -2.32. The highest BCUT2D eigenvalue weighted by molar-refractivity contribution is 5.68. The van der Waals surface area contributed by atoms with Gasteiger partial charge in [-0.3, -0.25) is 0 Å². The lowest BCUT2D eigenvalue weighted by molar-refractivity contribution is 0.0187. The lowest BCUT2D eigenvalue weighted by Crippen LogP contribution is -2.45. The van der Waals surface area contributed by atoms with E-state index in [9.17, 15) is 4.79 Å². The molecule has 118 valence electrons. The molecular formula is C15H30N2O3. The van der Waals surface area contributed by atoms with Crippen molar-refractivity contribution in [1.82, 2.24) is 4.90 Å². The van der Waals surface area contributed by atoms with Gasteiger partial charge in [0.15, 0.2) is 0 Å². The molecule has 0 unspecified atom stereocenters. The molecule has 0 bridgehead atoms. The van der Waals surface area contributed by atoms with Gasteiger partial charge in [-0.2, -0.15) is 0 Å². The summed E-state index contributed by atoms with van der Waals surface area (Å²) in [6.07, 6.45) is 4.05. The van der Waals surface area contributed by atoms with Gasteiger partial charge in [0.25, 0.3) is 0 Å². The van der Waals surface area contributed by atoms with Gasteiger partial charge in [-0.15, -0.1) is 0 Å². The zero-order valence-electron chi connectivity index (χ0n) is 13.4. The number of amides is 1. The summed E-state index contributed by atoms with van der Waals surface area (Å²) in [6, 6.07) is 0.0107. The van der Waals surface area contributed by atoms with Crippen molar-refractivity contribution >= 4 is 6.09 Å². The maximum absolute atomic E-state index is 12.1. The molecule has 0 spiro atoms. The third kappa shape index (κ3) is 6.09. The average molecular weight is 286 g/mol. The Hall–Kier alpha value is -0.810. The molecule has 0 aromatic rings. The summed E-state index contributed by atoms with van der Waals surface area (Å²) in [5.74, 6) is 0.482. The highest BCUT2D eigenvalue weighted by atomic mass is 16.6. The molecule has 2 N–H and O–H groups in total. The van der Waals surface area contributed by atoms with Gasteiger partial charge in [0, 0.05) is 32.8 Å². The number of rotatable bonds is 4. The molecule has 1 saturated heterocycles. The molecule has 1 aliphatic rings. The van der Waals surface area contributed by atoms with E-state index in [1.807, 2.05) is 20.8 Å². The summed E-state index contributed by atoms with van der Waals surface area (Å²) in [5.41, 5.74) is 5.36. The SMILES string of the molecule is CN(C(=O)OC(C)(C)C)[C@H](CN)C[C@H]1CCCCOC1. The fourth-order valence-electron chi connectivity index (χ4n) is 2.44. The maximum atomic E-state index is 12.1. The molecule has 1 rings (SSSR count). The number of nitrogens with two attached hydrogens (primary N) is 1. The number of hydrogen-bond acceptors (Lipinski definition) is 4. The Morgan fingerprint density at radius 1 is 1.45 bits per heavy atom. The topological polar surface area (TPSA) is 64.8 Å². The summed E-state index contributed by atoms with van der Waals surface area (Å²) >= 11 is 0. The first-order chi connectivity index (χ1) is 9.33. The van der Waals surface area contributed by atoms with Crippen molar-refractivity contribution in [2.45, 2.75) is 58.1 Å². The predicted octanol–water partition coefficient (Wildman–Crippen LogP) is 2.39. The van der Waals surface area contributed by atoms with Gasteiger partial charge in [0.05, 0.1) is 0 Å². The minimum Gasteiger partial charge on any atom is -0.444 e. The van der Waals surface area contributed by atoms with Crippen LogP contribution in [0.2, 0.25) is 0 Å². The van der Waals surface area contributed by atoms with Gasteiger partial charge in [-0.1, -0.05) is 6.42 Å². The highest BCUT2D eigenvalue weighted by Gasteiger charge is 2.27. The zero-order chi connectivity index (χ0) is 15.2. The molecule has 0 aliphatic carbocycles. The Morgan fingerprint density at radius 3 is 2.75 bits per heavy atom. The smallest absolute Gasteiger partial charge is 0.410 e. The molecule has 5 heteroatoms. The van der Waals surface area contributed by atoms with Gasteiger partial charge in [0.1, 0.15) is 5.60 Å². The van der Waals surface area contributed by atoms with Crippen LogP contribution in [0, 0.1) is 5.92 Å². The van der Waals surface area contributed by atoms with Crippen LogP contribution in [0.4, 0.5) is 4.79 Å². The van der Waals surface area contributed by atoms with Crippen molar-refractivity contribution in [3.05, 3.63) is 0 Å². The monoisotopic (exact) mass is 286 g/mol. The van der Waals surface area contributed by atoms with Crippen molar-refractivity contribution in [2.75, 3.05) is 26.8 Å². The third-order valence-electron chi connectivity index (χ3n) is 3.61. The van der Waals surface area contributed by atoms with E-state index in [0.717, 1.165) is 32.5 Å². The van der Waals surface area contributed by atoms with E-state index in [-0.39, 0.29) is 12.1 Å². The van der Waals surface area contributed by atoms with E-state index >= 15 is 0 Å². The largest absolute Gasteiger partial charge is 0.444 e. The fraction of sp³-hybridized carbons (Fsp3) is 0.933. The molecule has 1 aliphatic heterocycles. The van der Waals surface area contributed by atoms with Crippen molar-refractivity contribution < 1.29 is 14.3 Å². The molecule has 0 saturated carbocycles. The minimum absolute atomic E-state index is 0.0107. The number of nitrogens with zero attached hydrogens (tertiary/aromatic N) is 1. The standard InChI is InChI=1S/C15H30N2O3/c1-15(2,3)20-14(18)17(4)13(10-16)9-12-7-5-6-8-19-11-12/h12-13H,5-11,16H2,1-4H3/t12-,13+/m1/s1. The number of ether oxygens (including phenoxy) is 2. The van der Waals surface area contributed by atoms with E-state index in [0.29, 0.717) is 12.5 Å². The van der Waals surface area contributed by atoms with Crippen LogP contribution in [0.25, 0.3) is 0 Å². The Kier molecular flexibility index (Phi) is 6.76. The highest BCUT2D eigenvalue weighted by Crippen LogP contribution is 2.21. The first-order valence-corrected chi connectivity index (χ1v) is 7.57. The van der Waals surface area contributed by atoms with Crippen LogP contribution in [0.1, 0.15) is 46.5 Å². The molecule has 1 fully saturated rings. The van der Waals surface area contributed by atoms with Crippen molar-refractivity contribution in [3.63, 3.8) is 0 Å². The van der Waals surface area contributed by atoms with Crippen LogP contribution in [0.3, 0.4) is 0 Å². The Bertz CT molecular complexity index is 294. The van der Waals surface area contributed by atoms with Crippen LogP contribution in [0.15, 0.2) is 0 Å². The molecular weight excluding hydrogens is 256 g/mol. The predicted molar refractivity (Wildman–Crippen MR) is 79.6 cm³/mol. The van der Waals surface area contributed by atoms with E-state index in [2.05, 4.69) is 0 Å². The van der Waals surface area contributed by atoms with Gasteiger partial charge < -0.3 is 20.1 Å². The summed E-state index contributed by atoms with van der Waals surface area (Å²) in [7, 11) is 1.77. The molecule has 2 atom stereocenters. The summed E-state index contributed by atoms with van der Waals surface area (Å²) in [4.78, 5) is 13.7. The second-order valence-corrected chi connectivity index (χ2v) is 6.65. The summed E-state index contributed by atoms with van der Waals surface area (Å²) < 4.78 is 11.0. The van der Waals surface area contributed by atoms with Gasteiger partial charge in [0.2, 0.25) is 0 Å². The van der Waals surface area contributed by atoms with Crippen LogP contribution >= 0.6 is 0 Å². The molecule has 20 heavy (non-hydrogen) atoms. The van der Waals surface area contributed by atoms with E-state index in [1.54, 1.807) is 11.9 Å². The Morgan fingerprint density at radius 2 is 2.15 bits per heavy atom. The lowest BCUT2D eigenvalue weighted by atomic mass is 9.95. The molecule has 1 heterocycles. The van der Waals surface area contributed by atoms with Crippen molar-refractivity contribution in [2.24, 2.45) is 11.7 Å². The van der Waals surface area contributed by atoms with Crippen LogP contribution < -0.4 is 5.73 Å². The summed E-state index contributed by atoms with van der Waals surface area (Å²) in [5, 5.41) is 0. The second-order valence-electron chi connectivity index (χ2n) is 6.65. The quantitative estimate of drug-likeness (QED) is 0.862. The molecule has 1 amide bonds. The maximum Gasteiger partial charge on any atom is 0.410 e. The zero-order valence-corrected chi connectivity index (χ0v) is 13.4. The molecule has 0 aromatic heterocycles. The van der Waals surface area contributed by atoms with Gasteiger partial charge in [-0.05, 0) is 46.0 Å².